The highest BCUT2D eigenvalue weighted by Gasteiger charge is 2.18. The van der Waals surface area contributed by atoms with Gasteiger partial charge in [0.05, 0.1) is 5.69 Å². The summed E-state index contributed by atoms with van der Waals surface area (Å²) in [6.45, 7) is 2.86. The van der Waals surface area contributed by atoms with Gasteiger partial charge >= 0.3 is 10.2 Å². The minimum atomic E-state index is -3.72. The first-order valence-electron chi connectivity index (χ1n) is 6.01. The number of nitrogens with one attached hydrogen (secondary N) is 2. The first-order chi connectivity index (χ1) is 8.86. The van der Waals surface area contributed by atoms with Gasteiger partial charge in [-0.3, -0.25) is 4.72 Å². The molecule has 0 fully saturated rings. The van der Waals surface area contributed by atoms with E-state index in [1.54, 1.807) is 20.0 Å². The van der Waals surface area contributed by atoms with Gasteiger partial charge in [-0.15, -0.1) is 0 Å². The van der Waals surface area contributed by atoms with Crippen LogP contribution >= 0.6 is 0 Å². The van der Waals surface area contributed by atoms with Crippen molar-refractivity contribution in [2.75, 3.05) is 31.9 Å². The molecule has 0 aliphatic heterocycles. The largest absolute Gasteiger partial charge is 0.320 e. The van der Waals surface area contributed by atoms with Gasteiger partial charge in [0.2, 0.25) is 0 Å². The van der Waals surface area contributed by atoms with E-state index in [9.17, 15) is 12.8 Å². The fraction of sp³-hybridized carbons (Fsp3) is 0.500. The fourth-order valence-corrected chi connectivity index (χ4v) is 2.49. The Bertz CT molecular complexity index is 520. The van der Waals surface area contributed by atoms with Crippen LogP contribution in [0.5, 0.6) is 0 Å². The number of rotatable bonds is 7. The lowest BCUT2D eigenvalue weighted by Crippen LogP contribution is -2.34. The Morgan fingerprint density at radius 3 is 2.68 bits per heavy atom. The second-order valence-electron chi connectivity index (χ2n) is 4.37. The molecule has 0 aromatic heterocycles. The molecule has 0 bridgehead atoms. The lowest BCUT2D eigenvalue weighted by molar-refractivity contribution is 0.462. The highest BCUT2D eigenvalue weighted by Crippen LogP contribution is 2.17. The monoisotopic (exact) mass is 289 g/mol. The van der Waals surface area contributed by atoms with Gasteiger partial charge in [0.15, 0.2) is 0 Å². The van der Waals surface area contributed by atoms with Crippen molar-refractivity contribution in [3.05, 3.63) is 29.6 Å². The van der Waals surface area contributed by atoms with E-state index in [1.165, 1.54) is 23.5 Å². The molecule has 0 saturated heterocycles. The number of nitrogens with zero attached hydrogens (tertiary/aromatic N) is 1. The Morgan fingerprint density at radius 2 is 2.05 bits per heavy atom. The molecule has 1 rings (SSSR count). The molecule has 0 amide bonds. The normalized spacial score (nSPS) is 11.8. The number of benzene rings is 1. The molecule has 1 aromatic carbocycles. The van der Waals surface area contributed by atoms with Gasteiger partial charge in [-0.25, -0.2) is 4.39 Å². The molecule has 1 aromatic rings. The van der Waals surface area contributed by atoms with Crippen molar-refractivity contribution in [3.63, 3.8) is 0 Å². The van der Waals surface area contributed by atoms with Crippen molar-refractivity contribution >= 4 is 15.9 Å². The Morgan fingerprint density at radius 1 is 1.37 bits per heavy atom. The summed E-state index contributed by atoms with van der Waals surface area (Å²) in [5, 5.41) is 2.94. The molecule has 0 aliphatic carbocycles. The number of halogens is 1. The molecular weight excluding hydrogens is 269 g/mol. The summed E-state index contributed by atoms with van der Waals surface area (Å²) in [6, 6.07) is 4.30. The maximum Gasteiger partial charge on any atom is 0.301 e. The summed E-state index contributed by atoms with van der Waals surface area (Å²) >= 11 is 0. The molecule has 0 radical (unpaired) electrons. The van der Waals surface area contributed by atoms with Crippen LogP contribution < -0.4 is 10.0 Å². The molecule has 108 valence electrons. The van der Waals surface area contributed by atoms with E-state index in [-0.39, 0.29) is 5.69 Å². The standard InChI is InChI=1S/C12H20FN3O2S/c1-10-5-6-11(13)12(9-10)15-19(17,18)16(3)8-4-7-14-2/h5-6,9,14-15H,4,7-8H2,1-3H3. The lowest BCUT2D eigenvalue weighted by atomic mass is 10.2. The number of anilines is 1. The topological polar surface area (TPSA) is 61.4 Å². The van der Waals surface area contributed by atoms with Gasteiger partial charge in [0.1, 0.15) is 5.82 Å². The Hall–Kier alpha value is -1.18. The number of hydrogen-bond donors (Lipinski definition) is 2. The molecule has 19 heavy (non-hydrogen) atoms. The first kappa shape index (κ1) is 15.9. The molecule has 0 heterocycles. The molecule has 0 atom stereocenters. The van der Waals surface area contributed by atoms with E-state index < -0.39 is 16.0 Å². The molecule has 5 nitrogen and oxygen atoms in total. The Labute approximate surface area is 114 Å². The summed E-state index contributed by atoms with van der Waals surface area (Å²) in [5.74, 6) is -0.585. The molecule has 0 unspecified atom stereocenters. The van der Waals surface area contributed by atoms with Gasteiger partial charge in [-0.2, -0.15) is 12.7 Å². The van der Waals surface area contributed by atoms with Gasteiger partial charge in [0.25, 0.3) is 0 Å². The maximum atomic E-state index is 13.5. The van der Waals surface area contributed by atoms with Crippen LogP contribution in [0.3, 0.4) is 0 Å². The smallest absolute Gasteiger partial charge is 0.301 e. The van der Waals surface area contributed by atoms with Gasteiger partial charge in [-0.05, 0) is 44.6 Å². The average Bonchev–Trinajstić information content (AvgIpc) is 2.33. The van der Waals surface area contributed by atoms with Gasteiger partial charge < -0.3 is 5.32 Å². The minimum Gasteiger partial charge on any atom is -0.320 e. The van der Waals surface area contributed by atoms with Crippen molar-refractivity contribution in [2.45, 2.75) is 13.3 Å². The zero-order valence-electron chi connectivity index (χ0n) is 11.4. The van der Waals surface area contributed by atoms with E-state index in [0.717, 1.165) is 12.1 Å². The van der Waals surface area contributed by atoms with Crippen molar-refractivity contribution < 1.29 is 12.8 Å². The maximum absolute atomic E-state index is 13.5. The minimum absolute atomic E-state index is 0.0273. The summed E-state index contributed by atoms with van der Waals surface area (Å²) in [6.07, 6.45) is 0.685. The molecule has 0 aliphatic rings. The quantitative estimate of drug-likeness (QED) is 0.745. The summed E-state index contributed by atoms with van der Waals surface area (Å²) in [5.41, 5.74) is 0.761. The van der Waals surface area contributed by atoms with E-state index in [2.05, 4.69) is 10.0 Å². The third-order valence-corrected chi connectivity index (χ3v) is 4.15. The predicted molar refractivity (Wildman–Crippen MR) is 74.9 cm³/mol. The molecule has 2 N–H and O–H groups in total. The third kappa shape index (κ3) is 4.77. The average molecular weight is 289 g/mol. The van der Waals surface area contributed by atoms with Crippen LogP contribution in [0.25, 0.3) is 0 Å². The van der Waals surface area contributed by atoms with Crippen LogP contribution in [-0.2, 0) is 10.2 Å². The van der Waals surface area contributed by atoms with Crippen LogP contribution in [0.4, 0.5) is 10.1 Å². The molecule has 0 saturated carbocycles. The van der Waals surface area contributed by atoms with Crippen LogP contribution in [0.2, 0.25) is 0 Å². The summed E-state index contributed by atoms with van der Waals surface area (Å²) < 4.78 is 40.9. The SMILES string of the molecule is CNCCCN(C)S(=O)(=O)Nc1cc(C)ccc1F. The fourth-order valence-electron chi connectivity index (χ4n) is 1.53. The highest BCUT2D eigenvalue weighted by atomic mass is 32.2. The van der Waals surface area contributed by atoms with E-state index in [4.69, 9.17) is 0 Å². The van der Waals surface area contributed by atoms with Crippen molar-refractivity contribution in [1.82, 2.24) is 9.62 Å². The summed E-state index contributed by atoms with van der Waals surface area (Å²) in [4.78, 5) is 0. The van der Waals surface area contributed by atoms with Crippen LogP contribution in [0.15, 0.2) is 18.2 Å². The van der Waals surface area contributed by atoms with E-state index in [1.807, 2.05) is 0 Å². The van der Waals surface area contributed by atoms with Crippen molar-refractivity contribution in [2.24, 2.45) is 0 Å². The van der Waals surface area contributed by atoms with Gasteiger partial charge in [0, 0.05) is 13.6 Å². The predicted octanol–water partition coefficient (Wildman–Crippen LogP) is 1.33. The first-order valence-corrected chi connectivity index (χ1v) is 7.45. The van der Waals surface area contributed by atoms with Crippen molar-refractivity contribution in [3.8, 4) is 0 Å². The molecule has 0 spiro atoms. The lowest BCUT2D eigenvalue weighted by Gasteiger charge is -2.18. The Balaban J connectivity index is 2.75. The van der Waals surface area contributed by atoms with E-state index in [0.29, 0.717) is 13.0 Å². The highest BCUT2D eigenvalue weighted by molar-refractivity contribution is 7.90. The second-order valence-corrected chi connectivity index (χ2v) is 6.15. The number of aryl methyl sites for hydroxylation is 1. The zero-order valence-corrected chi connectivity index (χ0v) is 12.2. The number of hydrogen-bond acceptors (Lipinski definition) is 3. The van der Waals surface area contributed by atoms with Crippen LogP contribution in [0.1, 0.15) is 12.0 Å². The molecular formula is C12H20FN3O2S. The van der Waals surface area contributed by atoms with Gasteiger partial charge in [-0.1, -0.05) is 6.07 Å². The van der Waals surface area contributed by atoms with Crippen LogP contribution in [0, 0.1) is 12.7 Å². The summed E-state index contributed by atoms with van der Waals surface area (Å²) in [7, 11) is -0.453. The second kappa shape index (κ2) is 6.83. The molecule has 7 heteroatoms. The van der Waals surface area contributed by atoms with Crippen LogP contribution in [-0.4, -0.2) is 39.9 Å². The Kier molecular flexibility index (Phi) is 5.71. The van der Waals surface area contributed by atoms with Crippen molar-refractivity contribution in [1.29, 1.82) is 0 Å². The van der Waals surface area contributed by atoms with E-state index >= 15 is 0 Å². The zero-order chi connectivity index (χ0) is 14.5. The third-order valence-electron chi connectivity index (χ3n) is 2.67.